The molecule has 1 saturated carbocycles. The van der Waals surface area contributed by atoms with Gasteiger partial charge in [0.05, 0.1) is 6.07 Å². The summed E-state index contributed by atoms with van der Waals surface area (Å²) in [5.74, 6) is 0. The Morgan fingerprint density at radius 2 is 2.06 bits per heavy atom. The predicted molar refractivity (Wildman–Crippen MR) is 63.6 cm³/mol. The highest BCUT2D eigenvalue weighted by molar-refractivity contribution is 5.31. The Kier molecular flexibility index (Phi) is 2.95. The Labute approximate surface area is 96.5 Å². The van der Waals surface area contributed by atoms with Crippen LogP contribution in [0.5, 0.6) is 0 Å². The van der Waals surface area contributed by atoms with Crippen LogP contribution in [0.4, 0.5) is 0 Å². The molecule has 0 saturated heterocycles. The Morgan fingerprint density at radius 1 is 1.44 bits per heavy atom. The van der Waals surface area contributed by atoms with Gasteiger partial charge >= 0.3 is 0 Å². The molecule has 0 amide bonds. The molecule has 84 valence electrons. The van der Waals surface area contributed by atoms with Crippen molar-refractivity contribution >= 4 is 0 Å². The van der Waals surface area contributed by atoms with Gasteiger partial charge < -0.3 is 10.6 Å². The van der Waals surface area contributed by atoms with Gasteiger partial charge in [-0.15, -0.1) is 0 Å². The van der Waals surface area contributed by atoms with Crippen LogP contribution < -0.4 is 5.73 Å². The van der Waals surface area contributed by atoms with Gasteiger partial charge in [0.25, 0.3) is 0 Å². The number of nitriles is 1. The van der Waals surface area contributed by atoms with Crippen molar-refractivity contribution in [3.63, 3.8) is 0 Å². The zero-order valence-electron chi connectivity index (χ0n) is 9.56. The first-order valence-electron chi connectivity index (χ1n) is 5.61. The molecule has 0 bridgehead atoms. The standard InChI is InChI=1S/C13H17N3/c1-16(12-7-8-12)10-13(15,9-14)11-5-3-2-4-6-11/h2-6,12H,7-8,10,15H2,1H3. The number of nitrogens with zero attached hydrogens (tertiary/aromatic N) is 2. The van der Waals surface area contributed by atoms with E-state index in [2.05, 4.69) is 11.0 Å². The van der Waals surface area contributed by atoms with E-state index in [-0.39, 0.29) is 0 Å². The smallest absolute Gasteiger partial charge is 0.142 e. The second-order valence-corrected chi connectivity index (χ2v) is 4.60. The number of nitrogens with two attached hydrogens (primary N) is 1. The van der Waals surface area contributed by atoms with E-state index < -0.39 is 5.54 Å². The third-order valence-electron chi connectivity index (χ3n) is 3.16. The van der Waals surface area contributed by atoms with Gasteiger partial charge in [0, 0.05) is 12.6 Å². The number of benzene rings is 1. The van der Waals surface area contributed by atoms with E-state index in [0.29, 0.717) is 12.6 Å². The van der Waals surface area contributed by atoms with Gasteiger partial charge in [0.1, 0.15) is 5.54 Å². The minimum absolute atomic E-state index is 0.595. The highest BCUT2D eigenvalue weighted by atomic mass is 15.2. The lowest BCUT2D eigenvalue weighted by Gasteiger charge is -2.28. The van der Waals surface area contributed by atoms with Crippen LogP contribution in [0.15, 0.2) is 30.3 Å². The normalized spacial score (nSPS) is 19.1. The quantitative estimate of drug-likeness (QED) is 0.827. The van der Waals surface area contributed by atoms with Crippen LogP contribution in [-0.4, -0.2) is 24.5 Å². The fourth-order valence-electron chi connectivity index (χ4n) is 1.96. The molecule has 1 aromatic rings. The molecule has 0 aliphatic heterocycles. The van der Waals surface area contributed by atoms with Crippen molar-refractivity contribution in [3.05, 3.63) is 35.9 Å². The summed E-state index contributed by atoms with van der Waals surface area (Å²) in [5, 5.41) is 9.29. The SMILES string of the molecule is CN(CC(N)(C#N)c1ccccc1)C1CC1. The first-order valence-corrected chi connectivity index (χ1v) is 5.61. The summed E-state index contributed by atoms with van der Waals surface area (Å²) in [4.78, 5) is 2.19. The second-order valence-electron chi connectivity index (χ2n) is 4.60. The van der Waals surface area contributed by atoms with Gasteiger partial charge in [-0.05, 0) is 25.5 Å². The molecule has 1 aliphatic carbocycles. The average Bonchev–Trinajstić information content (AvgIpc) is 3.14. The molecular formula is C13H17N3. The summed E-state index contributed by atoms with van der Waals surface area (Å²) in [6, 6.07) is 12.5. The zero-order valence-corrected chi connectivity index (χ0v) is 9.56. The van der Waals surface area contributed by atoms with Crippen molar-refractivity contribution in [3.8, 4) is 6.07 Å². The van der Waals surface area contributed by atoms with Gasteiger partial charge in [-0.25, -0.2) is 0 Å². The van der Waals surface area contributed by atoms with Crippen molar-refractivity contribution in [1.29, 1.82) is 5.26 Å². The van der Waals surface area contributed by atoms with Gasteiger partial charge in [-0.3, -0.25) is 0 Å². The molecule has 1 fully saturated rings. The number of likely N-dealkylation sites (N-methyl/N-ethyl adjacent to an activating group) is 1. The average molecular weight is 215 g/mol. The molecule has 1 atom stereocenters. The molecular weight excluding hydrogens is 198 g/mol. The minimum Gasteiger partial charge on any atom is -0.309 e. The van der Waals surface area contributed by atoms with E-state index in [1.807, 2.05) is 37.4 Å². The van der Waals surface area contributed by atoms with E-state index in [4.69, 9.17) is 5.73 Å². The van der Waals surface area contributed by atoms with Gasteiger partial charge in [0.15, 0.2) is 0 Å². The van der Waals surface area contributed by atoms with E-state index in [9.17, 15) is 5.26 Å². The highest BCUT2D eigenvalue weighted by Crippen LogP contribution is 2.28. The summed E-state index contributed by atoms with van der Waals surface area (Å²) in [5.41, 5.74) is 6.19. The topological polar surface area (TPSA) is 53.0 Å². The lowest BCUT2D eigenvalue weighted by molar-refractivity contribution is 0.272. The first kappa shape index (κ1) is 11.1. The van der Waals surface area contributed by atoms with E-state index in [1.165, 1.54) is 12.8 Å². The summed E-state index contributed by atoms with van der Waals surface area (Å²) < 4.78 is 0. The Morgan fingerprint density at radius 3 is 2.56 bits per heavy atom. The summed E-state index contributed by atoms with van der Waals surface area (Å²) in [6.07, 6.45) is 2.46. The fourth-order valence-corrected chi connectivity index (χ4v) is 1.96. The molecule has 3 heteroatoms. The van der Waals surface area contributed by atoms with Crippen LogP contribution in [0.25, 0.3) is 0 Å². The number of hydrogen-bond donors (Lipinski definition) is 1. The van der Waals surface area contributed by atoms with E-state index in [1.54, 1.807) is 0 Å². The first-order chi connectivity index (χ1) is 7.65. The summed E-state index contributed by atoms with van der Waals surface area (Å²) >= 11 is 0. The van der Waals surface area contributed by atoms with Crippen molar-refractivity contribution in [1.82, 2.24) is 4.90 Å². The molecule has 3 nitrogen and oxygen atoms in total. The number of rotatable bonds is 4. The van der Waals surface area contributed by atoms with Gasteiger partial charge in [0.2, 0.25) is 0 Å². The van der Waals surface area contributed by atoms with E-state index in [0.717, 1.165) is 5.56 Å². The van der Waals surface area contributed by atoms with Crippen LogP contribution in [0.1, 0.15) is 18.4 Å². The molecule has 2 rings (SSSR count). The lowest BCUT2D eigenvalue weighted by atomic mass is 9.92. The maximum atomic E-state index is 9.29. The Balaban J connectivity index is 2.16. The van der Waals surface area contributed by atoms with Crippen molar-refractivity contribution < 1.29 is 0 Å². The maximum Gasteiger partial charge on any atom is 0.142 e. The van der Waals surface area contributed by atoms with E-state index >= 15 is 0 Å². The predicted octanol–water partition coefficient (Wildman–Crippen LogP) is 1.46. The molecule has 1 aromatic carbocycles. The summed E-state index contributed by atoms with van der Waals surface area (Å²) in [6.45, 7) is 0.595. The van der Waals surface area contributed by atoms with Crippen LogP contribution in [0.3, 0.4) is 0 Å². The van der Waals surface area contributed by atoms with Crippen molar-refractivity contribution in [2.75, 3.05) is 13.6 Å². The second kappa shape index (κ2) is 4.25. The highest BCUT2D eigenvalue weighted by Gasteiger charge is 2.34. The molecule has 0 heterocycles. The van der Waals surface area contributed by atoms with Gasteiger partial charge in [-0.2, -0.15) is 5.26 Å². The fraction of sp³-hybridized carbons (Fsp3) is 0.462. The number of hydrogen-bond acceptors (Lipinski definition) is 3. The lowest BCUT2D eigenvalue weighted by Crippen LogP contribution is -2.46. The Bertz CT molecular complexity index is 391. The molecule has 0 aromatic heterocycles. The van der Waals surface area contributed by atoms with Gasteiger partial charge in [-0.1, -0.05) is 30.3 Å². The van der Waals surface area contributed by atoms with Crippen molar-refractivity contribution in [2.24, 2.45) is 5.73 Å². The maximum absolute atomic E-state index is 9.29. The molecule has 2 N–H and O–H groups in total. The molecule has 1 aliphatic rings. The van der Waals surface area contributed by atoms with Crippen molar-refractivity contribution in [2.45, 2.75) is 24.4 Å². The van der Waals surface area contributed by atoms with Crippen LogP contribution in [0.2, 0.25) is 0 Å². The molecule has 1 unspecified atom stereocenters. The summed E-state index contributed by atoms with van der Waals surface area (Å²) in [7, 11) is 2.04. The molecule has 16 heavy (non-hydrogen) atoms. The molecule has 0 spiro atoms. The van der Waals surface area contributed by atoms with Crippen LogP contribution in [0, 0.1) is 11.3 Å². The largest absolute Gasteiger partial charge is 0.309 e. The monoisotopic (exact) mass is 215 g/mol. The minimum atomic E-state index is -0.890. The molecule has 0 radical (unpaired) electrons. The van der Waals surface area contributed by atoms with Crippen LogP contribution >= 0.6 is 0 Å². The van der Waals surface area contributed by atoms with Crippen LogP contribution in [-0.2, 0) is 5.54 Å². The Hall–Kier alpha value is -1.37. The third-order valence-corrected chi connectivity index (χ3v) is 3.16. The third kappa shape index (κ3) is 2.24. The zero-order chi connectivity index (χ0) is 11.6.